The minimum atomic E-state index is -0.0314. The van der Waals surface area contributed by atoms with Crippen LogP contribution < -0.4 is 12.4 Å². The van der Waals surface area contributed by atoms with Crippen LogP contribution in [0.2, 0.25) is 0 Å². The molecule has 0 radical (unpaired) electrons. The lowest BCUT2D eigenvalue weighted by Gasteiger charge is -2.15. The zero-order valence-electron chi connectivity index (χ0n) is 9.76. The van der Waals surface area contributed by atoms with E-state index in [2.05, 4.69) is 18.7 Å². The van der Waals surface area contributed by atoms with Gasteiger partial charge in [-0.25, -0.2) is 0 Å². The Morgan fingerprint density at radius 2 is 1.65 bits per heavy atom. The summed E-state index contributed by atoms with van der Waals surface area (Å²) in [6.45, 7) is 4.20. The number of halogens is 1. The summed E-state index contributed by atoms with van der Waals surface area (Å²) in [6, 6.07) is 10.1. The molecule has 4 heteroatoms. The summed E-state index contributed by atoms with van der Waals surface area (Å²) >= 11 is 0. The van der Waals surface area contributed by atoms with Crippen molar-refractivity contribution >= 4 is 10.9 Å². The van der Waals surface area contributed by atoms with Crippen molar-refractivity contribution in [3.05, 3.63) is 48.6 Å². The van der Waals surface area contributed by atoms with Crippen LogP contribution in [0.5, 0.6) is 0 Å². The quantitative estimate of drug-likeness (QED) is 0.470. The lowest BCUT2D eigenvalue weighted by molar-refractivity contribution is -0.00000556. The molecule has 0 aliphatic rings. The molecule has 0 amide bonds. The van der Waals surface area contributed by atoms with Crippen LogP contribution in [0.4, 0.5) is 0 Å². The molecule has 0 fully saturated rings. The van der Waals surface area contributed by atoms with Crippen LogP contribution in [0.1, 0.15) is 10.8 Å². The first kappa shape index (κ1) is 16.5. The molecule has 2 N–H and O–H groups in total. The number of hydrogen-bond donors (Lipinski definition) is 2. The van der Waals surface area contributed by atoms with Gasteiger partial charge >= 0.3 is 0 Å². The van der Waals surface area contributed by atoms with E-state index in [0.717, 1.165) is 11.5 Å². The molecule has 96 valence electrons. The van der Waals surface area contributed by atoms with Gasteiger partial charge in [0.15, 0.2) is 5.25 Å². The molecule has 0 heterocycles. The average Bonchev–Trinajstić information content (AvgIpc) is 2.32. The van der Waals surface area contributed by atoms with E-state index in [9.17, 15) is 0 Å². The van der Waals surface area contributed by atoms with E-state index in [4.69, 9.17) is 10.2 Å². The van der Waals surface area contributed by atoms with E-state index in [0.29, 0.717) is 0 Å². The van der Waals surface area contributed by atoms with Crippen molar-refractivity contribution in [3.63, 3.8) is 0 Å². The topological polar surface area (TPSA) is 40.5 Å². The van der Waals surface area contributed by atoms with Crippen LogP contribution in [-0.2, 0) is 10.9 Å². The maximum absolute atomic E-state index is 9.05. The summed E-state index contributed by atoms with van der Waals surface area (Å²) in [6.07, 6.45) is 1.92. The number of hydrogen-bond acceptors (Lipinski definition) is 2. The minimum absolute atomic E-state index is 0. The van der Waals surface area contributed by atoms with Gasteiger partial charge in [0.2, 0.25) is 0 Å². The Morgan fingerprint density at radius 1 is 1.12 bits per heavy atom. The highest BCUT2D eigenvalue weighted by atomic mass is 35.5. The Hall–Kier alpha value is -0.480. The predicted octanol–water partition coefficient (Wildman–Crippen LogP) is -1.48. The van der Waals surface area contributed by atoms with Gasteiger partial charge in [0, 0.05) is 16.5 Å². The van der Waals surface area contributed by atoms with Gasteiger partial charge in [0.25, 0.3) is 0 Å². The van der Waals surface area contributed by atoms with Crippen LogP contribution in [0.25, 0.3) is 0 Å². The number of rotatable bonds is 7. The van der Waals surface area contributed by atoms with Crippen molar-refractivity contribution < 1.29 is 22.6 Å². The number of aliphatic hydroxyl groups excluding tert-OH is 2. The zero-order chi connectivity index (χ0) is 11.8. The van der Waals surface area contributed by atoms with E-state index in [1.165, 1.54) is 5.56 Å². The van der Waals surface area contributed by atoms with Gasteiger partial charge in [-0.2, -0.15) is 0 Å². The molecule has 0 saturated heterocycles. The maximum atomic E-state index is 9.05. The second-order valence-electron chi connectivity index (χ2n) is 3.46. The molecular weight excluding hydrogens is 256 g/mol. The maximum Gasteiger partial charge on any atom is 0.161 e. The smallest absolute Gasteiger partial charge is 0.161 e. The summed E-state index contributed by atoms with van der Waals surface area (Å²) in [5, 5.41) is 18.3. The summed E-state index contributed by atoms with van der Waals surface area (Å²) in [4.78, 5) is 0. The van der Waals surface area contributed by atoms with Crippen LogP contribution in [0.3, 0.4) is 0 Å². The standard InChI is InChI=1S/C13H19O2S.ClH/c1-2-13(12-6-4-3-5-7-12)16(10-8-14)11-9-15;/h2-7,13-15H,1,8-11H2;1H/q+1;/p-1. The molecule has 0 aromatic heterocycles. The van der Waals surface area contributed by atoms with Crippen molar-refractivity contribution in [1.29, 1.82) is 0 Å². The van der Waals surface area contributed by atoms with Gasteiger partial charge < -0.3 is 22.6 Å². The van der Waals surface area contributed by atoms with Gasteiger partial charge in [0.05, 0.1) is 13.2 Å². The average molecular weight is 275 g/mol. The van der Waals surface area contributed by atoms with E-state index in [1.54, 1.807) is 0 Å². The van der Waals surface area contributed by atoms with Gasteiger partial charge in [-0.1, -0.05) is 36.9 Å². The lowest BCUT2D eigenvalue weighted by Crippen LogP contribution is -3.00. The number of benzene rings is 1. The predicted molar refractivity (Wildman–Crippen MR) is 70.7 cm³/mol. The summed E-state index contributed by atoms with van der Waals surface area (Å²) in [5.41, 5.74) is 1.21. The third kappa shape index (κ3) is 5.13. The third-order valence-electron chi connectivity index (χ3n) is 2.41. The Labute approximate surface area is 112 Å². The summed E-state index contributed by atoms with van der Waals surface area (Å²) in [7, 11) is -0.0314. The molecule has 0 aliphatic heterocycles. The van der Waals surface area contributed by atoms with Gasteiger partial charge in [-0.15, -0.1) is 0 Å². The van der Waals surface area contributed by atoms with Gasteiger partial charge in [0.1, 0.15) is 11.5 Å². The fourth-order valence-corrected chi connectivity index (χ4v) is 3.69. The molecule has 1 aromatic rings. The highest BCUT2D eigenvalue weighted by Gasteiger charge is 2.28. The molecule has 1 atom stereocenters. The fourth-order valence-electron chi connectivity index (χ4n) is 1.70. The highest BCUT2D eigenvalue weighted by molar-refractivity contribution is 7.97. The third-order valence-corrected chi connectivity index (χ3v) is 5.01. The molecule has 0 bridgehead atoms. The second-order valence-corrected chi connectivity index (χ2v) is 5.86. The van der Waals surface area contributed by atoms with Crippen LogP contribution in [0, 0.1) is 0 Å². The van der Waals surface area contributed by atoms with Crippen LogP contribution in [-0.4, -0.2) is 34.9 Å². The molecule has 17 heavy (non-hydrogen) atoms. The van der Waals surface area contributed by atoms with Gasteiger partial charge in [-0.05, 0) is 6.08 Å². The van der Waals surface area contributed by atoms with Crippen molar-refractivity contribution in [1.82, 2.24) is 0 Å². The van der Waals surface area contributed by atoms with E-state index in [1.807, 2.05) is 24.3 Å². The van der Waals surface area contributed by atoms with Crippen LogP contribution in [0.15, 0.2) is 43.0 Å². The minimum Gasteiger partial charge on any atom is -1.00 e. The summed E-state index contributed by atoms with van der Waals surface area (Å²) < 4.78 is 0. The molecule has 1 unspecified atom stereocenters. The van der Waals surface area contributed by atoms with Crippen molar-refractivity contribution in [3.8, 4) is 0 Å². The summed E-state index contributed by atoms with van der Waals surface area (Å²) in [5.74, 6) is 1.46. The Kier molecular flexibility index (Phi) is 9.27. The Bertz CT molecular complexity index is 300. The van der Waals surface area contributed by atoms with E-state index >= 15 is 0 Å². The first-order chi connectivity index (χ1) is 7.83. The molecule has 2 nitrogen and oxygen atoms in total. The molecular formula is C13H19ClO2S. The van der Waals surface area contributed by atoms with Gasteiger partial charge in [-0.3, -0.25) is 0 Å². The molecule has 0 spiro atoms. The van der Waals surface area contributed by atoms with Crippen molar-refractivity contribution in [2.24, 2.45) is 0 Å². The normalized spacial score (nSPS) is 11.9. The monoisotopic (exact) mass is 274 g/mol. The van der Waals surface area contributed by atoms with Crippen molar-refractivity contribution in [2.45, 2.75) is 5.25 Å². The first-order valence-corrected chi connectivity index (χ1v) is 7.01. The molecule has 0 aliphatic carbocycles. The largest absolute Gasteiger partial charge is 1.00 e. The Balaban J connectivity index is 0.00000256. The SMILES string of the molecule is C=CC(c1ccccc1)[S+](CCO)CCO.[Cl-]. The zero-order valence-corrected chi connectivity index (χ0v) is 11.3. The fraction of sp³-hybridized carbons (Fsp3) is 0.385. The lowest BCUT2D eigenvalue weighted by atomic mass is 10.1. The van der Waals surface area contributed by atoms with Crippen molar-refractivity contribution in [2.75, 3.05) is 24.7 Å². The molecule has 0 saturated carbocycles. The van der Waals surface area contributed by atoms with Crippen LogP contribution >= 0.6 is 0 Å². The first-order valence-electron chi connectivity index (χ1n) is 5.39. The molecule has 1 aromatic carbocycles. The number of aliphatic hydroxyl groups is 2. The van der Waals surface area contributed by atoms with E-state index < -0.39 is 0 Å². The second kappa shape index (κ2) is 9.54. The van der Waals surface area contributed by atoms with E-state index in [-0.39, 0.29) is 41.8 Å². The molecule has 1 rings (SSSR count). The highest BCUT2D eigenvalue weighted by Crippen LogP contribution is 2.25. The Morgan fingerprint density at radius 3 is 2.06 bits per heavy atom.